The highest BCUT2D eigenvalue weighted by Crippen LogP contribution is 2.28. The summed E-state index contributed by atoms with van der Waals surface area (Å²) in [5.41, 5.74) is -0.155. The van der Waals surface area contributed by atoms with Crippen molar-refractivity contribution in [2.45, 2.75) is 6.54 Å². The summed E-state index contributed by atoms with van der Waals surface area (Å²) in [6.45, 7) is -0.0779. The predicted molar refractivity (Wildman–Crippen MR) is 76.4 cm³/mol. The summed E-state index contributed by atoms with van der Waals surface area (Å²) in [6.07, 6.45) is 1.61. The number of hydrogen-bond donors (Lipinski definition) is 2. The molecule has 0 bridgehead atoms. The molecule has 1 aromatic heterocycles. The second-order valence-corrected chi connectivity index (χ2v) is 4.92. The highest BCUT2D eigenvalue weighted by atomic mass is 32.1. The van der Waals surface area contributed by atoms with Crippen LogP contribution in [0.2, 0.25) is 0 Å². The SMILES string of the molecule is COc1ccc(NC(=O)Cn2ccsc2=N)c([N+](=O)[O-])c1. The zero-order valence-corrected chi connectivity index (χ0v) is 11.8. The summed E-state index contributed by atoms with van der Waals surface area (Å²) >= 11 is 1.19. The molecule has 0 spiro atoms. The maximum absolute atomic E-state index is 11.9. The molecule has 21 heavy (non-hydrogen) atoms. The van der Waals surface area contributed by atoms with Gasteiger partial charge in [-0.3, -0.25) is 20.3 Å². The quantitative estimate of drug-likeness (QED) is 0.645. The smallest absolute Gasteiger partial charge is 0.296 e. The second-order valence-electron chi connectivity index (χ2n) is 4.02. The zero-order chi connectivity index (χ0) is 15.4. The number of amides is 1. The molecule has 2 aromatic rings. The Morgan fingerprint density at radius 2 is 2.33 bits per heavy atom. The van der Waals surface area contributed by atoms with Gasteiger partial charge in [-0.2, -0.15) is 0 Å². The highest BCUT2D eigenvalue weighted by molar-refractivity contribution is 7.06. The first kappa shape index (κ1) is 14.7. The average molecular weight is 308 g/mol. The van der Waals surface area contributed by atoms with Crippen LogP contribution in [0.15, 0.2) is 29.8 Å². The fourth-order valence-corrected chi connectivity index (χ4v) is 2.27. The van der Waals surface area contributed by atoms with Crippen LogP contribution < -0.4 is 14.9 Å². The van der Waals surface area contributed by atoms with E-state index >= 15 is 0 Å². The van der Waals surface area contributed by atoms with Gasteiger partial charge in [0.25, 0.3) is 5.69 Å². The molecule has 0 aliphatic rings. The number of nitrogens with zero attached hydrogens (tertiary/aromatic N) is 2. The molecule has 0 radical (unpaired) electrons. The van der Waals surface area contributed by atoms with E-state index in [2.05, 4.69) is 5.32 Å². The van der Waals surface area contributed by atoms with Gasteiger partial charge in [-0.1, -0.05) is 0 Å². The van der Waals surface area contributed by atoms with E-state index in [4.69, 9.17) is 10.1 Å². The van der Waals surface area contributed by atoms with Crippen molar-refractivity contribution in [2.75, 3.05) is 12.4 Å². The summed E-state index contributed by atoms with van der Waals surface area (Å²) < 4.78 is 6.36. The van der Waals surface area contributed by atoms with E-state index in [1.54, 1.807) is 11.6 Å². The molecule has 1 heterocycles. The standard InChI is InChI=1S/C12H12N4O4S/c1-20-8-2-3-9(10(6-8)16(18)19)14-11(17)7-15-4-5-21-12(15)13/h2-6,13H,7H2,1H3,(H,14,17). The number of nitro groups is 1. The third-order valence-electron chi connectivity index (χ3n) is 2.67. The van der Waals surface area contributed by atoms with E-state index in [1.807, 2.05) is 0 Å². The molecule has 0 atom stereocenters. The Hall–Kier alpha value is -2.68. The van der Waals surface area contributed by atoms with Crippen molar-refractivity contribution in [1.29, 1.82) is 5.41 Å². The van der Waals surface area contributed by atoms with E-state index in [0.29, 0.717) is 5.75 Å². The minimum Gasteiger partial charge on any atom is -0.496 e. The lowest BCUT2D eigenvalue weighted by Gasteiger charge is -2.08. The molecule has 1 aromatic carbocycles. The van der Waals surface area contributed by atoms with Crippen LogP contribution in [0.3, 0.4) is 0 Å². The minimum absolute atomic E-state index is 0.0779. The molecule has 0 saturated heterocycles. The number of hydrogen-bond acceptors (Lipinski definition) is 6. The highest BCUT2D eigenvalue weighted by Gasteiger charge is 2.17. The van der Waals surface area contributed by atoms with E-state index in [-0.39, 0.29) is 22.7 Å². The van der Waals surface area contributed by atoms with Gasteiger partial charge in [-0.15, -0.1) is 11.3 Å². The number of ether oxygens (including phenoxy) is 1. The lowest BCUT2D eigenvalue weighted by molar-refractivity contribution is -0.384. The number of benzene rings is 1. The first-order chi connectivity index (χ1) is 10.0. The van der Waals surface area contributed by atoms with Gasteiger partial charge in [0.15, 0.2) is 4.80 Å². The zero-order valence-electron chi connectivity index (χ0n) is 11.0. The maximum atomic E-state index is 11.9. The maximum Gasteiger partial charge on any atom is 0.296 e. The van der Waals surface area contributed by atoms with Crippen molar-refractivity contribution in [3.05, 3.63) is 44.7 Å². The molecule has 9 heteroatoms. The Bertz CT molecular complexity index is 737. The number of nitro benzene ring substituents is 1. The first-order valence-electron chi connectivity index (χ1n) is 5.82. The van der Waals surface area contributed by atoms with Crippen LogP contribution in [-0.2, 0) is 11.3 Å². The van der Waals surface area contributed by atoms with Crippen molar-refractivity contribution in [3.8, 4) is 5.75 Å². The largest absolute Gasteiger partial charge is 0.496 e. The molecule has 1 amide bonds. The number of carbonyl (C=O) groups excluding carboxylic acids is 1. The number of thiazole rings is 1. The average Bonchev–Trinajstić information content (AvgIpc) is 2.84. The molecule has 0 aliphatic heterocycles. The number of anilines is 1. The van der Waals surface area contributed by atoms with E-state index in [0.717, 1.165) is 0 Å². The van der Waals surface area contributed by atoms with E-state index in [9.17, 15) is 14.9 Å². The topological polar surface area (TPSA) is 110 Å². The predicted octanol–water partition coefficient (Wildman–Crippen LogP) is 1.58. The van der Waals surface area contributed by atoms with Crippen molar-refractivity contribution >= 4 is 28.6 Å². The molecule has 2 rings (SSSR count). The molecule has 2 N–H and O–H groups in total. The van der Waals surface area contributed by atoms with Crippen LogP contribution in [0, 0.1) is 15.5 Å². The van der Waals surface area contributed by atoms with Crippen LogP contribution in [0.4, 0.5) is 11.4 Å². The van der Waals surface area contributed by atoms with E-state index in [1.165, 1.54) is 41.2 Å². The summed E-state index contributed by atoms with van der Waals surface area (Å²) in [6, 6.07) is 4.17. The molecule has 0 saturated carbocycles. The van der Waals surface area contributed by atoms with Gasteiger partial charge in [-0.25, -0.2) is 0 Å². The van der Waals surface area contributed by atoms with Gasteiger partial charge >= 0.3 is 0 Å². The fraction of sp³-hybridized carbons (Fsp3) is 0.167. The minimum atomic E-state index is -0.591. The molecular formula is C12H12N4O4S. The van der Waals surface area contributed by atoms with E-state index < -0.39 is 10.8 Å². The van der Waals surface area contributed by atoms with Gasteiger partial charge in [0.1, 0.15) is 18.0 Å². The summed E-state index contributed by atoms with van der Waals surface area (Å²) in [4.78, 5) is 22.5. The Kier molecular flexibility index (Phi) is 4.33. The van der Waals surface area contributed by atoms with Gasteiger partial charge in [0.2, 0.25) is 5.91 Å². The van der Waals surface area contributed by atoms with Gasteiger partial charge in [0, 0.05) is 11.6 Å². The van der Waals surface area contributed by atoms with Crippen LogP contribution >= 0.6 is 11.3 Å². The number of methoxy groups -OCH3 is 1. The number of carbonyl (C=O) groups is 1. The van der Waals surface area contributed by atoms with Crippen LogP contribution in [0.5, 0.6) is 5.75 Å². The third kappa shape index (κ3) is 3.45. The van der Waals surface area contributed by atoms with Crippen molar-refractivity contribution in [1.82, 2.24) is 4.57 Å². The Balaban J connectivity index is 2.19. The Morgan fingerprint density at radius 3 is 2.90 bits per heavy atom. The Morgan fingerprint density at radius 1 is 1.57 bits per heavy atom. The summed E-state index contributed by atoms with van der Waals surface area (Å²) in [5, 5.41) is 22.7. The molecule has 110 valence electrons. The normalized spacial score (nSPS) is 10.1. The Labute approximate surface area is 123 Å². The molecule has 8 nitrogen and oxygen atoms in total. The number of nitrogens with one attached hydrogen (secondary N) is 2. The molecule has 0 fully saturated rings. The second kappa shape index (κ2) is 6.18. The van der Waals surface area contributed by atoms with Gasteiger partial charge < -0.3 is 14.6 Å². The van der Waals surface area contributed by atoms with Crippen LogP contribution in [0.1, 0.15) is 0 Å². The first-order valence-corrected chi connectivity index (χ1v) is 6.70. The lowest BCUT2D eigenvalue weighted by atomic mass is 10.2. The monoisotopic (exact) mass is 308 g/mol. The van der Waals surface area contributed by atoms with Crippen molar-refractivity contribution < 1.29 is 14.5 Å². The van der Waals surface area contributed by atoms with Crippen molar-refractivity contribution in [2.24, 2.45) is 0 Å². The van der Waals surface area contributed by atoms with Crippen LogP contribution in [0.25, 0.3) is 0 Å². The number of rotatable bonds is 5. The van der Waals surface area contributed by atoms with Crippen molar-refractivity contribution in [3.63, 3.8) is 0 Å². The van der Waals surface area contributed by atoms with Gasteiger partial charge in [-0.05, 0) is 12.1 Å². The molecular weight excluding hydrogens is 296 g/mol. The summed E-state index contributed by atoms with van der Waals surface area (Å²) in [5.74, 6) is -0.111. The number of aromatic nitrogens is 1. The summed E-state index contributed by atoms with van der Waals surface area (Å²) in [7, 11) is 1.40. The third-order valence-corrected chi connectivity index (χ3v) is 3.39. The molecule has 0 aliphatic carbocycles. The molecule has 0 unspecified atom stereocenters. The lowest BCUT2D eigenvalue weighted by Crippen LogP contribution is -2.24. The van der Waals surface area contributed by atoms with Gasteiger partial charge in [0.05, 0.1) is 18.1 Å². The fourth-order valence-electron chi connectivity index (χ4n) is 1.67. The van der Waals surface area contributed by atoms with Crippen LogP contribution in [-0.4, -0.2) is 22.5 Å².